The van der Waals surface area contributed by atoms with E-state index in [1.165, 1.54) is 12.5 Å². The summed E-state index contributed by atoms with van der Waals surface area (Å²) in [6, 6.07) is 3.04. The lowest BCUT2D eigenvalue weighted by Crippen LogP contribution is -2.38. The minimum Gasteiger partial charge on any atom is -0.496 e. The third-order valence-corrected chi connectivity index (χ3v) is 3.54. The van der Waals surface area contributed by atoms with E-state index in [1.807, 2.05) is 0 Å². The molecule has 1 N–H and O–H groups in total. The molecular weight excluding hydrogens is 233 g/mol. The third kappa shape index (κ3) is 1.84. The van der Waals surface area contributed by atoms with Gasteiger partial charge in [-0.1, -0.05) is 0 Å². The molecular formula is C13H18FN3O. The largest absolute Gasteiger partial charge is 0.496 e. The van der Waals surface area contributed by atoms with Crippen LogP contribution in [0.25, 0.3) is 10.9 Å². The molecule has 3 rings (SSSR count). The average Bonchev–Trinajstić information content (AvgIpc) is 2.73. The number of benzene rings is 1. The summed E-state index contributed by atoms with van der Waals surface area (Å²) in [5.41, 5.74) is 1.32. The molecule has 0 unspecified atom stereocenters. The number of rotatable bonds is 4. The van der Waals surface area contributed by atoms with Crippen LogP contribution in [0.15, 0.2) is 12.1 Å². The predicted octanol–water partition coefficient (Wildman–Crippen LogP) is 2.20. The van der Waals surface area contributed by atoms with Crippen LogP contribution in [0.1, 0.15) is 13.5 Å². The molecule has 1 aliphatic rings. The third-order valence-electron chi connectivity index (χ3n) is 3.54. The summed E-state index contributed by atoms with van der Waals surface area (Å²) < 4.78 is 18.9. The van der Waals surface area contributed by atoms with Gasteiger partial charge in [0.05, 0.1) is 12.5 Å². The van der Waals surface area contributed by atoms with E-state index in [9.17, 15) is 4.39 Å². The number of likely N-dealkylation sites (tertiary alicyclic amines) is 1. The van der Waals surface area contributed by atoms with Gasteiger partial charge in [-0.05, 0) is 31.6 Å². The van der Waals surface area contributed by atoms with Gasteiger partial charge in [0.15, 0.2) is 5.82 Å². The minimum atomic E-state index is -0.308. The van der Waals surface area contributed by atoms with Gasteiger partial charge in [0.1, 0.15) is 11.3 Å². The number of H-pyrrole nitrogens is 1. The molecule has 4 nitrogen and oxygen atoms in total. The number of hydrogen-bond acceptors (Lipinski definition) is 3. The SMILES string of the molecule is COc1ccc(F)c2n[nH]c(CCN3CCC3)c12.[HH]. The van der Waals surface area contributed by atoms with Gasteiger partial charge in [0, 0.05) is 20.1 Å². The summed E-state index contributed by atoms with van der Waals surface area (Å²) >= 11 is 0. The first-order valence-corrected chi connectivity index (χ1v) is 6.21. The first-order chi connectivity index (χ1) is 8.79. The van der Waals surface area contributed by atoms with Crippen molar-refractivity contribution in [2.45, 2.75) is 12.8 Å². The highest BCUT2D eigenvalue weighted by Gasteiger charge is 2.17. The van der Waals surface area contributed by atoms with Crippen molar-refractivity contribution in [3.05, 3.63) is 23.6 Å². The second-order valence-electron chi connectivity index (χ2n) is 4.62. The number of hydrogen-bond donors (Lipinski definition) is 1. The zero-order chi connectivity index (χ0) is 12.5. The molecule has 1 aromatic carbocycles. The van der Waals surface area contributed by atoms with Crippen LogP contribution in [0, 0.1) is 5.82 Å². The van der Waals surface area contributed by atoms with Gasteiger partial charge in [-0.2, -0.15) is 5.10 Å². The maximum atomic E-state index is 13.6. The fourth-order valence-corrected chi connectivity index (χ4v) is 2.35. The lowest BCUT2D eigenvalue weighted by Gasteiger charge is -2.30. The normalized spacial score (nSPS) is 15.9. The van der Waals surface area contributed by atoms with Crippen molar-refractivity contribution in [1.29, 1.82) is 0 Å². The Bertz CT molecular complexity index is 568. The first kappa shape index (κ1) is 11.5. The van der Waals surface area contributed by atoms with Crippen LogP contribution in [0.2, 0.25) is 0 Å². The van der Waals surface area contributed by atoms with E-state index in [2.05, 4.69) is 15.1 Å². The van der Waals surface area contributed by atoms with Gasteiger partial charge in [0.2, 0.25) is 0 Å². The van der Waals surface area contributed by atoms with Gasteiger partial charge in [-0.25, -0.2) is 4.39 Å². The molecule has 0 saturated carbocycles. The Labute approximate surface area is 106 Å². The van der Waals surface area contributed by atoms with Crippen molar-refractivity contribution in [2.24, 2.45) is 0 Å². The fourth-order valence-electron chi connectivity index (χ4n) is 2.35. The summed E-state index contributed by atoms with van der Waals surface area (Å²) in [4.78, 5) is 2.37. The zero-order valence-electron chi connectivity index (χ0n) is 10.4. The van der Waals surface area contributed by atoms with Gasteiger partial charge in [0.25, 0.3) is 0 Å². The maximum Gasteiger partial charge on any atom is 0.151 e. The molecule has 2 heterocycles. The average molecular weight is 251 g/mol. The van der Waals surface area contributed by atoms with Crippen molar-refractivity contribution in [2.75, 3.05) is 26.7 Å². The van der Waals surface area contributed by atoms with Crippen LogP contribution in [0.5, 0.6) is 5.75 Å². The van der Waals surface area contributed by atoms with Crippen LogP contribution in [0.3, 0.4) is 0 Å². The smallest absolute Gasteiger partial charge is 0.151 e. The number of nitrogens with one attached hydrogen (secondary N) is 1. The molecule has 1 fully saturated rings. The number of nitrogens with zero attached hydrogens (tertiary/aromatic N) is 2. The number of halogens is 1. The quantitative estimate of drug-likeness (QED) is 0.905. The second-order valence-corrected chi connectivity index (χ2v) is 4.62. The molecule has 1 aliphatic heterocycles. The number of aromatic amines is 1. The van der Waals surface area contributed by atoms with Gasteiger partial charge < -0.3 is 9.64 Å². The van der Waals surface area contributed by atoms with E-state index in [4.69, 9.17) is 4.74 Å². The van der Waals surface area contributed by atoms with Crippen molar-refractivity contribution < 1.29 is 10.6 Å². The van der Waals surface area contributed by atoms with E-state index in [-0.39, 0.29) is 7.24 Å². The second kappa shape index (κ2) is 4.57. The lowest BCUT2D eigenvalue weighted by molar-refractivity contribution is 0.183. The summed E-state index contributed by atoms with van der Waals surface area (Å²) in [6.07, 6.45) is 2.12. The zero-order valence-corrected chi connectivity index (χ0v) is 10.4. The highest BCUT2D eigenvalue weighted by Crippen LogP contribution is 2.29. The van der Waals surface area contributed by atoms with Gasteiger partial charge in [-0.15, -0.1) is 0 Å². The molecule has 5 heteroatoms. The Kier molecular flexibility index (Phi) is 2.91. The molecule has 1 saturated heterocycles. The molecule has 0 amide bonds. The Morgan fingerprint density at radius 3 is 3.00 bits per heavy atom. The first-order valence-electron chi connectivity index (χ1n) is 6.21. The van der Waals surface area contributed by atoms with E-state index in [1.54, 1.807) is 13.2 Å². The topological polar surface area (TPSA) is 41.1 Å². The summed E-state index contributed by atoms with van der Waals surface area (Å²) in [6.45, 7) is 3.31. The molecule has 0 bridgehead atoms. The Hall–Kier alpha value is -1.62. The predicted molar refractivity (Wildman–Crippen MR) is 69.5 cm³/mol. The molecule has 98 valence electrons. The molecule has 0 atom stereocenters. The summed E-state index contributed by atoms with van der Waals surface area (Å²) in [5.74, 6) is 0.371. The number of ether oxygens (including phenoxy) is 1. The van der Waals surface area contributed by atoms with Crippen molar-refractivity contribution >= 4 is 10.9 Å². The monoisotopic (exact) mass is 251 g/mol. The maximum absolute atomic E-state index is 13.6. The number of fused-ring (bicyclic) bond motifs is 1. The Morgan fingerprint density at radius 2 is 2.33 bits per heavy atom. The van der Waals surface area contributed by atoms with Crippen molar-refractivity contribution in [3.8, 4) is 5.75 Å². The molecule has 1 aromatic heterocycles. The number of aromatic nitrogens is 2. The van der Waals surface area contributed by atoms with Gasteiger partial charge >= 0.3 is 0 Å². The van der Waals surface area contributed by atoms with E-state index >= 15 is 0 Å². The Balaban J connectivity index is 0.00000133. The fraction of sp³-hybridized carbons (Fsp3) is 0.462. The van der Waals surface area contributed by atoms with Crippen molar-refractivity contribution in [3.63, 3.8) is 0 Å². The van der Waals surface area contributed by atoms with E-state index in [0.29, 0.717) is 11.3 Å². The lowest BCUT2D eigenvalue weighted by atomic mass is 10.1. The highest BCUT2D eigenvalue weighted by molar-refractivity contribution is 5.88. The molecule has 2 aromatic rings. The van der Waals surface area contributed by atoms with Crippen LogP contribution in [-0.2, 0) is 6.42 Å². The highest BCUT2D eigenvalue weighted by atomic mass is 19.1. The van der Waals surface area contributed by atoms with E-state index in [0.717, 1.165) is 37.1 Å². The van der Waals surface area contributed by atoms with Crippen LogP contribution >= 0.6 is 0 Å². The minimum absolute atomic E-state index is 0. The van der Waals surface area contributed by atoms with Crippen LogP contribution in [-0.4, -0.2) is 41.8 Å². The van der Waals surface area contributed by atoms with Crippen molar-refractivity contribution in [1.82, 2.24) is 15.1 Å². The molecule has 0 radical (unpaired) electrons. The van der Waals surface area contributed by atoms with Crippen LogP contribution in [0.4, 0.5) is 4.39 Å². The molecule has 0 aliphatic carbocycles. The number of methoxy groups -OCH3 is 1. The Morgan fingerprint density at radius 1 is 1.50 bits per heavy atom. The molecule has 0 spiro atoms. The summed E-state index contributed by atoms with van der Waals surface area (Å²) in [7, 11) is 1.60. The standard InChI is InChI=1S/C13H16FN3O.H2/c1-18-11-4-3-9(14)13-12(11)10(15-16-13)5-8-17-6-2-7-17;/h3-4H,2,5-8H2,1H3,(H,15,16);1H. The van der Waals surface area contributed by atoms with Gasteiger partial charge in [-0.3, -0.25) is 5.10 Å². The van der Waals surface area contributed by atoms with Crippen LogP contribution < -0.4 is 4.74 Å². The molecule has 18 heavy (non-hydrogen) atoms. The van der Waals surface area contributed by atoms with E-state index < -0.39 is 0 Å². The summed E-state index contributed by atoms with van der Waals surface area (Å²) in [5, 5.41) is 7.76.